The summed E-state index contributed by atoms with van der Waals surface area (Å²) < 4.78 is 5.11. The van der Waals surface area contributed by atoms with Crippen LogP contribution >= 0.6 is 0 Å². The van der Waals surface area contributed by atoms with Crippen molar-refractivity contribution >= 4 is 12.1 Å². The van der Waals surface area contributed by atoms with E-state index in [2.05, 4.69) is 11.9 Å². The van der Waals surface area contributed by atoms with Gasteiger partial charge in [0.15, 0.2) is 0 Å². The van der Waals surface area contributed by atoms with Gasteiger partial charge in [0.2, 0.25) is 0 Å². The summed E-state index contributed by atoms with van der Waals surface area (Å²) >= 11 is 0. The molecule has 1 atom stereocenters. The van der Waals surface area contributed by atoms with Crippen molar-refractivity contribution in [3.63, 3.8) is 0 Å². The lowest BCUT2D eigenvalue weighted by Crippen LogP contribution is -2.39. The maximum absolute atomic E-state index is 11.6. The topological polar surface area (TPSA) is 75.6 Å². The summed E-state index contributed by atoms with van der Waals surface area (Å²) in [6.45, 7) is 10.5. The van der Waals surface area contributed by atoms with E-state index in [0.717, 1.165) is 6.08 Å². The van der Waals surface area contributed by atoms with Crippen LogP contribution in [0.15, 0.2) is 24.3 Å². The Hall–Kier alpha value is -1.78. The van der Waals surface area contributed by atoms with Gasteiger partial charge in [-0.15, -0.1) is 6.58 Å². The highest BCUT2D eigenvalue weighted by atomic mass is 16.6. The van der Waals surface area contributed by atoms with Crippen LogP contribution in [0.1, 0.15) is 34.1 Å². The van der Waals surface area contributed by atoms with Crippen LogP contribution in [-0.2, 0) is 9.53 Å². The summed E-state index contributed by atoms with van der Waals surface area (Å²) in [6, 6.07) is -0.423. The number of carboxylic acid groups (broad SMARTS) is 1. The maximum atomic E-state index is 11.6. The Morgan fingerprint density at radius 2 is 2.00 bits per heavy atom. The van der Waals surface area contributed by atoms with Gasteiger partial charge in [0.1, 0.15) is 5.60 Å². The van der Waals surface area contributed by atoms with Gasteiger partial charge in [0.05, 0.1) is 6.04 Å². The lowest BCUT2D eigenvalue weighted by atomic mass is 10.1. The molecule has 0 saturated heterocycles. The van der Waals surface area contributed by atoms with Crippen molar-refractivity contribution in [2.75, 3.05) is 0 Å². The molecule has 5 heteroatoms. The summed E-state index contributed by atoms with van der Waals surface area (Å²) in [5.41, 5.74) is -0.0546. The molecular weight excluding hydrogens is 234 g/mol. The van der Waals surface area contributed by atoms with Crippen molar-refractivity contribution in [2.24, 2.45) is 0 Å². The SMILES string of the molecule is C=CC[C@H](NC(=O)OC(C)(C)C)C(C)=CC(=O)O. The average molecular weight is 255 g/mol. The summed E-state index contributed by atoms with van der Waals surface area (Å²) in [6.07, 6.45) is 2.54. The van der Waals surface area contributed by atoms with Crippen molar-refractivity contribution in [3.05, 3.63) is 24.3 Å². The van der Waals surface area contributed by atoms with Crippen LogP contribution in [0.2, 0.25) is 0 Å². The third-order valence-electron chi connectivity index (χ3n) is 1.99. The number of carbonyl (C=O) groups is 2. The lowest BCUT2D eigenvalue weighted by Gasteiger charge is -2.23. The predicted octanol–water partition coefficient (Wildman–Crippen LogP) is 2.49. The molecule has 5 nitrogen and oxygen atoms in total. The number of nitrogens with one attached hydrogen (secondary N) is 1. The summed E-state index contributed by atoms with van der Waals surface area (Å²) in [7, 11) is 0. The zero-order valence-corrected chi connectivity index (χ0v) is 11.3. The molecule has 1 amide bonds. The second kappa shape index (κ2) is 6.83. The number of aliphatic carboxylic acids is 1. The quantitative estimate of drug-likeness (QED) is 0.584. The number of carboxylic acids is 1. The van der Waals surface area contributed by atoms with Gasteiger partial charge in [0, 0.05) is 6.08 Å². The zero-order valence-electron chi connectivity index (χ0n) is 11.3. The van der Waals surface area contributed by atoms with Gasteiger partial charge in [-0.3, -0.25) is 0 Å². The minimum atomic E-state index is -1.05. The van der Waals surface area contributed by atoms with Gasteiger partial charge in [-0.05, 0) is 39.7 Å². The number of ether oxygens (including phenoxy) is 1. The molecule has 0 aliphatic carbocycles. The van der Waals surface area contributed by atoms with Crippen molar-refractivity contribution in [1.29, 1.82) is 0 Å². The molecule has 0 aromatic heterocycles. The first kappa shape index (κ1) is 16.2. The Bertz CT molecular complexity index is 352. The van der Waals surface area contributed by atoms with Gasteiger partial charge < -0.3 is 15.2 Å². The largest absolute Gasteiger partial charge is 0.478 e. The Balaban J connectivity index is 4.68. The monoisotopic (exact) mass is 255 g/mol. The van der Waals surface area contributed by atoms with Crippen LogP contribution in [0.25, 0.3) is 0 Å². The van der Waals surface area contributed by atoms with Gasteiger partial charge in [-0.2, -0.15) is 0 Å². The van der Waals surface area contributed by atoms with E-state index >= 15 is 0 Å². The Kier molecular flexibility index (Phi) is 6.16. The maximum Gasteiger partial charge on any atom is 0.408 e. The Labute approximate surface area is 108 Å². The summed E-state index contributed by atoms with van der Waals surface area (Å²) in [5.74, 6) is -1.05. The van der Waals surface area contributed by atoms with Crippen LogP contribution < -0.4 is 5.32 Å². The van der Waals surface area contributed by atoms with Crippen molar-refractivity contribution in [1.82, 2.24) is 5.32 Å². The molecule has 0 fully saturated rings. The molecule has 0 aliphatic rings. The van der Waals surface area contributed by atoms with Crippen molar-refractivity contribution in [3.8, 4) is 0 Å². The fourth-order valence-electron chi connectivity index (χ4n) is 1.27. The minimum absolute atomic E-state index is 0.423. The molecule has 0 aliphatic heterocycles. The molecule has 0 heterocycles. The second-order valence-electron chi connectivity index (χ2n) is 4.95. The van der Waals surface area contributed by atoms with Crippen molar-refractivity contribution < 1.29 is 19.4 Å². The number of hydrogen-bond donors (Lipinski definition) is 2. The van der Waals surface area contributed by atoms with E-state index in [9.17, 15) is 9.59 Å². The number of hydrogen-bond acceptors (Lipinski definition) is 3. The standard InChI is InChI=1S/C13H21NO4/c1-6-7-10(9(2)8-11(15)16)14-12(17)18-13(3,4)5/h6,8,10H,1,7H2,2-5H3,(H,14,17)(H,15,16)/t10-/m0/s1. The molecule has 18 heavy (non-hydrogen) atoms. The summed E-state index contributed by atoms with van der Waals surface area (Å²) in [5, 5.41) is 11.3. The Morgan fingerprint density at radius 1 is 1.44 bits per heavy atom. The first-order valence-corrected chi connectivity index (χ1v) is 5.67. The first-order chi connectivity index (χ1) is 8.15. The van der Waals surface area contributed by atoms with E-state index in [-0.39, 0.29) is 0 Å². The molecule has 0 rings (SSSR count). The highest BCUT2D eigenvalue weighted by Crippen LogP contribution is 2.10. The van der Waals surface area contributed by atoms with Crippen LogP contribution in [-0.4, -0.2) is 28.8 Å². The number of rotatable bonds is 5. The van der Waals surface area contributed by atoms with E-state index in [4.69, 9.17) is 9.84 Å². The van der Waals surface area contributed by atoms with Crippen LogP contribution in [0, 0.1) is 0 Å². The lowest BCUT2D eigenvalue weighted by molar-refractivity contribution is -0.131. The summed E-state index contributed by atoms with van der Waals surface area (Å²) in [4.78, 5) is 22.2. The molecule has 0 unspecified atom stereocenters. The zero-order chi connectivity index (χ0) is 14.3. The van der Waals surface area contributed by atoms with Crippen LogP contribution in [0.5, 0.6) is 0 Å². The molecule has 0 spiro atoms. The first-order valence-electron chi connectivity index (χ1n) is 5.67. The third kappa shape index (κ3) is 7.49. The highest BCUT2D eigenvalue weighted by Gasteiger charge is 2.19. The molecule has 0 aromatic carbocycles. The van der Waals surface area contributed by atoms with Gasteiger partial charge in [-0.1, -0.05) is 6.08 Å². The van der Waals surface area contributed by atoms with Gasteiger partial charge in [0.25, 0.3) is 0 Å². The fraction of sp³-hybridized carbons (Fsp3) is 0.538. The predicted molar refractivity (Wildman–Crippen MR) is 69.4 cm³/mol. The van der Waals surface area contributed by atoms with Gasteiger partial charge >= 0.3 is 12.1 Å². The molecule has 0 radical (unpaired) electrons. The van der Waals surface area contributed by atoms with E-state index in [1.807, 2.05) is 0 Å². The van der Waals surface area contributed by atoms with E-state index in [1.54, 1.807) is 33.8 Å². The molecule has 0 saturated carbocycles. The fourth-order valence-corrected chi connectivity index (χ4v) is 1.27. The van der Waals surface area contributed by atoms with E-state index < -0.39 is 23.7 Å². The number of amides is 1. The van der Waals surface area contributed by atoms with E-state index in [0.29, 0.717) is 12.0 Å². The normalized spacial score (nSPS) is 13.7. The van der Waals surface area contributed by atoms with Crippen LogP contribution in [0.3, 0.4) is 0 Å². The molecular formula is C13H21NO4. The molecule has 2 N–H and O–H groups in total. The number of carbonyl (C=O) groups excluding carboxylic acids is 1. The van der Waals surface area contributed by atoms with Gasteiger partial charge in [-0.25, -0.2) is 9.59 Å². The molecule has 102 valence electrons. The smallest absolute Gasteiger partial charge is 0.408 e. The highest BCUT2D eigenvalue weighted by molar-refractivity contribution is 5.81. The third-order valence-corrected chi connectivity index (χ3v) is 1.99. The second-order valence-corrected chi connectivity index (χ2v) is 4.95. The molecule has 0 aromatic rings. The molecule has 0 bridgehead atoms. The average Bonchev–Trinajstić information content (AvgIpc) is 2.12. The van der Waals surface area contributed by atoms with E-state index in [1.165, 1.54) is 0 Å². The minimum Gasteiger partial charge on any atom is -0.478 e. The Morgan fingerprint density at radius 3 is 2.39 bits per heavy atom. The number of alkyl carbamates (subject to hydrolysis) is 1. The van der Waals surface area contributed by atoms with Crippen molar-refractivity contribution in [2.45, 2.75) is 45.8 Å². The van der Waals surface area contributed by atoms with Crippen LogP contribution in [0.4, 0.5) is 4.79 Å².